The summed E-state index contributed by atoms with van der Waals surface area (Å²) in [5.41, 5.74) is 3.49. The van der Waals surface area contributed by atoms with Crippen LogP contribution < -0.4 is 14.4 Å². The van der Waals surface area contributed by atoms with Gasteiger partial charge in [-0.25, -0.2) is 4.39 Å². The number of nitrogens with one attached hydrogen (secondary N) is 1. The minimum atomic E-state index is -0.367. The fraction of sp³-hybridized carbons (Fsp3) is 0.286. The van der Waals surface area contributed by atoms with E-state index >= 15 is 0 Å². The van der Waals surface area contributed by atoms with Gasteiger partial charge in [0.2, 0.25) is 11.8 Å². The van der Waals surface area contributed by atoms with Crippen LogP contribution in [0.2, 0.25) is 0 Å². The molecule has 0 aliphatic carbocycles. The Morgan fingerprint density at radius 2 is 2.21 bits per heavy atom. The number of hydrogen-bond acceptors (Lipinski definition) is 5. The monoisotopic (exact) mass is 394 g/mol. The molecule has 7 nitrogen and oxygen atoms in total. The van der Waals surface area contributed by atoms with Crippen LogP contribution in [0.15, 0.2) is 36.5 Å². The Morgan fingerprint density at radius 1 is 1.31 bits per heavy atom. The smallest absolute Gasteiger partial charge is 0.231 e. The number of hydrogen-bond donors (Lipinski definition) is 1. The highest BCUT2D eigenvalue weighted by Gasteiger charge is 2.34. The van der Waals surface area contributed by atoms with Gasteiger partial charge < -0.3 is 9.47 Å². The van der Waals surface area contributed by atoms with E-state index in [-0.39, 0.29) is 17.6 Å². The Morgan fingerprint density at radius 3 is 3.07 bits per heavy atom. The van der Waals surface area contributed by atoms with Crippen molar-refractivity contribution >= 4 is 11.7 Å². The fourth-order valence-corrected chi connectivity index (χ4v) is 3.99. The van der Waals surface area contributed by atoms with Crippen molar-refractivity contribution in [3.63, 3.8) is 0 Å². The number of carbonyl (C=O) groups excluding carboxylic acids is 1. The standard InChI is InChI=1S/C21H19FN4O3/c1-28-15-8-12(7-14(22)9-15)6-13-4-5-26(21(13)27)19-3-2-16-17-10-23-25-18(17)11-29-20(16)24-19/h2-3,7-10,13H,4-6,11H2,1H3,(H,23,25). The van der Waals surface area contributed by atoms with Gasteiger partial charge in [0.15, 0.2) is 0 Å². The molecule has 0 radical (unpaired) electrons. The first-order valence-corrected chi connectivity index (χ1v) is 9.43. The third kappa shape index (κ3) is 3.10. The van der Waals surface area contributed by atoms with Crippen LogP contribution in [0, 0.1) is 11.7 Å². The fourth-order valence-electron chi connectivity index (χ4n) is 3.99. The summed E-state index contributed by atoms with van der Waals surface area (Å²) in [6, 6.07) is 8.28. The minimum Gasteiger partial charge on any atom is -0.497 e. The van der Waals surface area contributed by atoms with Gasteiger partial charge in [0.1, 0.15) is 24.0 Å². The molecule has 5 rings (SSSR count). The van der Waals surface area contributed by atoms with Crippen LogP contribution in [0.5, 0.6) is 11.6 Å². The third-order valence-electron chi connectivity index (χ3n) is 5.45. The number of carbonyl (C=O) groups is 1. The van der Waals surface area contributed by atoms with Crippen molar-refractivity contribution in [3.05, 3.63) is 53.6 Å². The van der Waals surface area contributed by atoms with E-state index in [0.717, 1.165) is 22.4 Å². The molecule has 4 heterocycles. The normalized spacial score (nSPS) is 17.7. The van der Waals surface area contributed by atoms with Gasteiger partial charge in [-0.15, -0.1) is 0 Å². The lowest BCUT2D eigenvalue weighted by atomic mass is 9.98. The van der Waals surface area contributed by atoms with Gasteiger partial charge in [-0.2, -0.15) is 10.1 Å². The summed E-state index contributed by atoms with van der Waals surface area (Å²) < 4.78 is 24.6. The topological polar surface area (TPSA) is 80.3 Å². The number of anilines is 1. The number of aromatic amines is 1. The van der Waals surface area contributed by atoms with Crippen LogP contribution in [0.3, 0.4) is 0 Å². The molecule has 1 amide bonds. The molecule has 1 unspecified atom stereocenters. The Kier molecular flexibility index (Phi) is 4.19. The van der Waals surface area contributed by atoms with Crippen molar-refractivity contribution in [3.8, 4) is 22.8 Å². The van der Waals surface area contributed by atoms with Crippen LogP contribution in [0.1, 0.15) is 17.7 Å². The van der Waals surface area contributed by atoms with Crippen molar-refractivity contribution in [2.24, 2.45) is 5.92 Å². The predicted octanol–water partition coefficient (Wildman–Crippen LogP) is 3.11. The van der Waals surface area contributed by atoms with E-state index in [1.54, 1.807) is 17.2 Å². The molecular formula is C21H19FN4O3. The first kappa shape index (κ1) is 17.7. The van der Waals surface area contributed by atoms with Crippen molar-refractivity contribution in [1.82, 2.24) is 15.2 Å². The molecule has 1 saturated heterocycles. The molecule has 1 fully saturated rings. The van der Waals surface area contributed by atoms with E-state index in [1.165, 1.54) is 19.2 Å². The summed E-state index contributed by atoms with van der Waals surface area (Å²) in [7, 11) is 1.50. The van der Waals surface area contributed by atoms with Gasteiger partial charge in [-0.1, -0.05) is 0 Å². The lowest BCUT2D eigenvalue weighted by molar-refractivity contribution is -0.120. The number of aromatic nitrogens is 3. The molecule has 8 heteroatoms. The summed E-state index contributed by atoms with van der Waals surface area (Å²) in [6.07, 6.45) is 2.90. The lowest BCUT2D eigenvalue weighted by Crippen LogP contribution is -2.28. The number of methoxy groups -OCH3 is 1. The van der Waals surface area contributed by atoms with Crippen LogP contribution in [-0.2, 0) is 17.8 Å². The molecule has 0 saturated carbocycles. The van der Waals surface area contributed by atoms with Crippen LogP contribution in [-0.4, -0.2) is 34.7 Å². The molecule has 0 spiro atoms. The van der Waals surface area contributed by atoms with Crippen LogP contribution in [0.4, 0.5) is 10.2 Å². The van der Waals surface area contributed by atoms with Crippen LogP contribution >= 0.6 is 0 Å². The van der Waals surface area contributed by atoms with Crippen LogP contribution in [0.25, 0.3) is 11.1 Å². The molecular weight excluding hydrogens is 375 g/mol. The highest BCUT2D eigenvalue weighted by molar-refractivity contribution is 5.96. The van der Waals surface area contributed by atoms with E-state index < -0.39 is 0 Å². The number of ether oxygens (including phenoxy) is 2. The maximum absolute atomic E-state index is 13.8. The van der Waals surface area contributed by atoms with Crippen molar-refractivity contribution < 1.29 is 18.7 Å². The van der Waals surface area contributed by atoms with E-state index in [1.807, 2.05) is 12.1 Å². The second kappa shape index (κ2) is 6.88. The highest BCUT2D eigenvalue weighted by atomic mass is 19.1. The zero-order valence-electron chi connectivity index (χ0n) is 15.8. The molecule has 2 aliphatic rings. The summed E-state index contributed by atoms with van der Waals surface area (Å²) in [5.74, 6) is 0.923. The predicted molar refractivity (Wildman–Crippen MR) is 103 cm³/mol. The zero-order valence-corrected chi connectivity index (χ0v) is 15.8. The first-order chi connectivity index (χ1) is 14.1. The Balaban J connectivity index is 1.36. The Bertz CT molecular complexity index is 1100. The van der Waals surface area contributed by atoms with Crippen molar-refractivity contribution in [1.29, 1.82) is 0 Å². The number of rotatable bonds is 4. The lowest BCUT2D eigenvalue weighted by Gasteiger charge is -2.20. The summed E-state index contributed by atoms with van der Waals surface area (Å²) in [5, 5.41) is 6.96. The summed E-state index contributed by atoms with van der Waals surface area (Å²) in [6.45, 7) is 0.940. The number of benzene rings is 1. The van der Waals surface area contributed by atoms with E-state index in [4.69, 9.17) is 9.47 Å². The summed E-state index contributed by atoms with van der Waals surface area (Å²) >= 11 is 0. The number of pyridine rings is 1. The van der Waals surface area contributed by atoms with Gasteiger partial charge in [-0.05, 0) is 42.7 Å². The maximum Gasteiger partial charge on any atom is 0.231 e. The second-order valence-electron chi connectivity index (χ2n) is 7.25. The van der Waals surface area contributed by atoms with E-state index in [0.29, 0.717) is 43.4 Å². The molecule has 2 aliphatic heterocycles. The largest absolute Gasteiger partial charge is 0.497 e. The molecule has 3 aromatic rings. The zero-order chi connectivity index (χ0) is 20.0. The van der Waals surface area contributed by atoms with E-state index in [2.05, 4.69) is 15.2 Å². The SMILES string of the molecule is COc1cc(F)cc(CC2CCN(c3ccc4c(n3)OCc3[nH]ncc3-4)C2=O)c1. The van der Waals surface area contributed by atoms with Crippen molar-refractivity contribution in [2.45, 2.75) is 19.4 Å². The maximum atomic E-state index is 13.8. The number of amides is 1. The molecule has 148 valence electrons. The highest BCUT2D eigenvalue weighted by Crippen LogP contribution is 2.37. The van der Waals surface area contributed by atoms with Gasteiger partial charge in [0.25, 0.3) is 0 Å². The average molecular weight is 394 g/mol. The van der Waals surface area contributed by atoms with Gasteiger partial charge >= 0.3 is 0 Å². The molecule has 0 bridgehead atoms. The molecule has 29 heavy (non-hydrogen) atoms. The quantitative estimate of drug-likeness (QED) is 0.736. The van der Waals surface area contributed by atoms with Gasteiger partial charge in [-0.3, -0.25) is 14.8 Å². The number of H-pyrrole nitrogens is 1. The Hall–Kier alpha value is -3.42. The molecule has 2 aromatic heterocycles. The number of nitrogens with zero attached hydrogens (tertiary/aromatic N) is 3. The number of halogens is 1. The van der Waals surface area contributed by atoms with Crippen molar-refractivity contribution in [2.75, 3.05) is 18.6 Å². The van der Waals surface area contributed by atoms with E-state index in [9.17, 15) is 9.18 Å². The Labute approximate surface area is 166 Å². The third-order valence-corrected chi connectivity index (χ3v) is 5.45. The molecule has 1 N–H and O–H groups in total. The minimum absolute atomic E-state index is 0.0134. The van der Waals surface area contributed by atoms with Gasteiger partial charge in [0.05, 0.1) is 19.0 Å². The number of fused-ring (bicyclic) bond motifs is 3. The molecule has 1 atom stereocenters. The average Bonchev–Trinajstić information content (AvgIpc) is 3.34. The van der Waals surface area contributed by atoms with Gasteiger partial charge in [0, 0.05) is 29.7 Å². The summed E-state index contributed by atoms with van der Waals surface area (Å²) in [4.78, 5) is 19.2. The molecule has 1 aromatic carbocycles. The second-order valence-corrected chi connectivity index (χ2v) is 7.25. The first-order valence-electron chi connectivity index (χ1n) is 9.43.